The van der Waals surface area contributed by atoms with Gasteiger partial charge >= 0.3 is 0 Å². The average molecular weight is 297 g/mol. The molecule has 0 atom stereocenters. The summed E-state index contributed by atoms with van der Waals surface area (Å²) in [5.41, 5.74) is 1.58. The number of nitrogens with zero attached hydrogens (tertiary/aromatic N) is 2. The second kappa shape index (κ2) is 5.54. The molecule has 0 N–H and O–H groups in total. The predicted octanol–water partition coefficient (Wildman–Crippen LogP) is 3.90. The van der Waals surface area contributed by atoms with Crippen LogP contribution in [0.25, 0.3) is 22.0 Å². The highest BCUT2D eigenvalue weighted by atomic mass is 35.5. The molecular weight excluding hydrogens is 284 g/mol. The summed E-state index contributed by atoms with van der Waals surface area (Å²) in [7, 11) is 0. The summed E-state index contributed by atoms with van der Waals surface area (Å²) in [5.74, 6) is 0. The molecule has 0 fully saturated rings. The lowest BCUT2D eigenvalue weighted by atomic mass is 10.1. The number of halogens is 1. The minimum atomic E-state index is -0.108. The highest BCUT2D eigenvalue weighted by molar-refractivity contribution is 6.30. The SMILES string of the molecule is C=CCn1nc(-c2ccc(Cl)cc2)c2ccccc2c1=O. The van der Waals surface area contributed by atoms with Gasteiger partial charge < -0.3 is 0 Å². The fourth-order valence-corrected chi connectivity index (χ4v) is 2.43. The van der Waals surface area contributed by atoms with E-state index in [1.807, 2.05) is 48.5 Å². The van der Waals surface area contributed by atoms with E-state index >= 15 is 0 Å². The number of aromatic nitrogens is 2. The summed E-state index contributed by atoms with van der Waals surface area (Å²) >= 11 is 5.93. The van der Waals surface area contributed by atoms with Crippen LogP contribution < -0.4 is 5.56 Å². The van der Waals surface area contributed by atoms with Crippen molar-refractivity contribution in [2.75, 3.05) is 0 Å². The molecule has 0 radical (unpaired) electrons. The van der Waals surface area contributed by atoms with Gasteiger partial charge in [-0.05, 0) is 18.2 Å². The van der Waals surface area contributed by atoms with E-state index in [0.29, 0.717) is 17.0 Å². The van der Waals surface area contributed by atoms with Crippen molar-refractivity contribution in [1.82, 2.24) is 9.78 Å². The first-order chi connectivity index (χ1) is 10.2. The summed E-state index contributed by atoms with van der Waals surface area (Å²) in [6.07, 6.45) is 1.66. The van der Waals surface area contributed by atoms with Crippen LogP contribution in [0.3, 0.4) is 0 Å². The summed E-state index contributed by atoms with van der Waals surface area (Å²) < 4.78 is 1.43. The Hall–Kier alpha value is -2.39. The molecule has 3 nitrogen and oxygen atoms in total. The lowest BCUT2D eigenvalue weighted by molar-refractivity contribution is 0.665. The molecule has 0 aliphatic carbocycles. The van der Waals surface area contributed by atoms with Crippen LogP contribution in [0.15, 0.2) is 66.0 Å². The van der Waals surface area contributed by atoms with E-state index in [0.717, 1.165) is 16.6 Å². The standard InChI is InChI=1S/C17H13ClN2O/c1-2-11-20-17(21)15-6-4-3-5-14(15)16(19-20)12-7-9-13(18)10-8-12/h2-10H,1,11H2. The molecule has 4 heteroatoms. The minimum Gasteiger partial charge on any atom is -0.267 e. The molecule has 0 aliphatic rings. The van der Waals surface area contributed by atoms with Gasteiger partial charge in [0, 0.05) is 16.0 Å². The summed E-state index contributed by atoms with van der Waals surface area (Å²) in [4.78, 5) is 12.4. The smallest absolute Gasteiger partial charge is 0.267 e. The van der Waals surface area contributed by atoms with Gasteiger partial charge in [-0.3, -0.25) is 4.79 Å². The molecule has 0 bridgehead atoms. The van der Waals surface area contributed by atoms with Gasteiger partial charge in [0.2, 0.25) is 0 Å². The first-order valence-corrected chi connectivity index (χ1v) is 6.95. The molecule has 0 unspecified atom stereocenters. The third-order valence-electron chi connectivity index (χ3n) is 3.29. The lowest BCUT2D eigenvalue weighted by Gasteiger charge is -2.10. The quantitative estimate of drug-likeness (QED) is 0.687. The Kier molecular flexibility index (Phi) is 3.59. The van der Waals surface area contributed by atoms with Gasteiger partial charge in [-0.15, -0.1) is 6.58 Å². The van der Waals surface area contributed by atoms with Crippen molar-refractivity contribution < 1.29 is 0 Å². The zero-order valence-electron chi connectivity index (χ0n) is 11.3. The van der Waals surface area contributed by atoms with Gasteiger partial charge in [0.15, 0.2) is 0 Å². The van der Waals surface area contributed by atoms with Crippen molar-refractivity contribution in [3.63, 3.8) is 0 Å². The second-order valence-electron chi connectivity index (χ2n) is 4.68. The largest absolute Gasteiger partial charge is 0.274 e. The Morgan fingerprint density at radius 2 is 1.76 bits per heavy atom. The highest BCUT2D eigenvalue weighted by Gasteiger charge is 2.11. The van der Waals surface area contributed by atoms with Gasteiger partial charge in [0.05, 0.1) is 17.6 Å². The maximum absolute atomic E-state index is 12.4. The third-order valence-corrected chi connectivity index (χ3v) is 3.54. The van der Waals surface area contributed by atoms with Crippen LogP contribution >= 0.6 is 11.6 Å². The first kappa shape index (κ1) is 13.6. The zero-order valence-corrected chi connectivity index (χ0v) is 12.0. The van der Waals surface area contributed by atoms with Crippen molar-refractivity contribution in [1.29, 1.82) is 0 Å². The molecule has 0 saturated heterocycles. The maximum atomic E-state index is 12.4. The molecule has 0 aliphatic heterocycles. The molecule has 3 aromatic rings. The summed E-state index contributed by atoms with van der Waals surface area (Å²) in [5, 5.41) is 6.64. The van der Waals surface area contributed by atoms with Gasteiger partial charge in [0.25, 0.3) is 5.56 Å². The fourth-order valence-electron chi connectivity index (χ4n) is 2.30. The van der Waals surface area contributed by atoms with Gasteiger partial charge in [-0.2, -0.15) is 5.10 Å². The molecule has 0 saturated carbocycles. The number of hydrogen-bond donors (Lipinski definition) is 0. The monoisotopic (exact) mass is 296 g/mol. The normalized spacial score (nSPS) is 10.7. The average Bonchev–Trinajstić information content (AvgIpc) is 2.51. The Morgan fingerprint density at radius 3 is 2.43 bits per heavy atom. The van der Waals surface area contributed by atoms with E-state index in [9.17, 15) is 4.79 Å². The summed E-state index contributed by atoms with van der Waals surface area (Å²) in [6.45, 7) is 4.05. The first-order valence-electron chi connectivity index (χ1n) is 6.57. The van der Waals surface area contributed by atoms with Crippen LogP contribution in [0.1, 0.15) is 0 Å². The molecule has 0 amide bonds. The Balaban J connectivity index is 2.35. The fraction of sp³-hybridized carbons (Fsp3) is 0.0588. The van der Waals surface area contributed by atoms with Crippen LogP contribution in [-0.4, -0.2) is 9.78 Å². The van der Waals surface area contributed by atoms with E-state index in [2.05, 4.69) is 11.7 Å². The Bertz CT molecular complexity index is 866. The van der Waals surface area contributed by atoms with Crippen molar-refractivity contribution in [3.05, 3.63) is 76.6 Å². The lowest BCUT2D eigenvalue weighted by Crippen LogP contribution is -2.23. The molecule has 2 aromatic carbocycles. The summed E-state index contributed by atoms with van der Waals surface area (Å²) in [6, 6.07) is 14.9. The maximum Gasteiger partial charge on any atom is 0.274 e. The number of allylic oxidation sites excluding steroid dienone is 1. The van der Waals surface area contributed by atoms with Gasteiger partial charge in [0.1, 0.15) is 0 Å². The molecule has 1 heterocycles. The van der Waals surface area contributed by atoms with Gasteiger partial charge in [-0.25, -0.2) is 4.68 Å². The number of benzene rings is 2. The molecule has 104 valence electrons. The van der Waals surface area contributed by atoms with Crippen LogP contribution in [0, 0.1) is 0 Å². The predicted molar refractivity (Wildman–Crippen MR) is 86.6 cm³/mol. The Labute approximate surface area is 127 Å². The molecule has 21 heavy (non-hydrogen) atoms. The third kappa shape index (κ3) is 2.48. The van der Waals surface area contributed by atoms with Crippen molar-refractivity contribution in [2.24, 2.45) is 0 Å². The minimum absolute atomic E-state index is 0.108. The zero-order chi connectivity index (χ0) is 14.8. The molecular formula is C17H13ClN2O. The second-order valence-corrected chi connectivity index (χ2v) is 5.11. The van der Waals surface area contributed by atoms with Crippen molar-refractivity contribution >= 4 is 22.4 Å². The van der Waals surface area contributed by atoms with Crippen molar-refractivity contribution in [2.45, 2.75) is 6.54 Å². The number of rotatable bonds is 3. The van der Waals surface area contributed by atoms with Crippen LogP contribution in [0.5, 0.6) is 0 Å². The topological polar surface area (TPSA) is 34.9 Å². The van der Waals surface area contributed by atoms with Crippen LogP contribution in [0.2, 0.25) is 5.02 Å². The molecule has 3 rings (SSSR count). The van der Waals surface area contributed by atoms with E-state index in [4.69, 9.17) is 11.6 Å². The van der Waals surface area contributed by atoms with Crippen molar-refractivity contribution in [3.8, 4) is 11.3 Å². The van der Waals surface area contributed by atoms with Crippen LogP contribution in [-0.2, 0) is 6.54 Å². The van der Waals surface area contributed by atoms with E-state index in [1.165, 1.54) is 4.68 Å². The number of hydrogen-bond acceptors (Lipinski definition) is 2. The molecule has 0 spiro atoms. The van der Waals surface area contributed by atoms with E-state index in [-0.39, 0.29) is 5.56 Å². The Morgan fingerprint density at radius 1 is 1.10 bits per heavy atom. The highest BCUT2D eigenvalue weighted by Crippen LogP contribution is 2.25. The van der Waals surface area contributed by atoms with Gasteiger partial charge in [-0.1, -0.05) is 48.0 Å². The number of fused-ring (bicyclic) bond motifs is 1. The van der Waals surface area contributed by atoms with E-state index in [1.54, 1.807) is 6.08 Å². The van der Waals surface area contributed by atoms with Crippen LogP contribution in [0.4, 0.5) is 0 Å². The molecule has 1 aromatic heterocycles. The van der Waals surface area contributed by atoms with E-state index < -0.39 is 0 Å².